The molecule has 0 saturated heterocycles. The number of pyridine rings is 1. The molecule has 0 aliphatic heterocycles. The molecule has 33 heavy (non-hydrogen) atoms. The highest BCUT2D eigenvalue weighted by molar-refractivity contribution is 5.69. The van der Waals surface area contributed by atoms with Crippen LogP contribution in [0.4, 0.5) is 4.39 Å². The van der Waals surface area contributed by atoms with Crippen LogP contribution in [-0.4, -0.2) is 29.8 Å². The second-order valence-corrected chi connectivity index (χ2v) is 8.85. The first-order valence-corrected chi connectivity index (χ1v) is 10.5. The molecule has 174 valence electrons. The lowest BCUT2D eigenvalue weighted by molar-refractivity contribution is -0.139. The zero-order chi connectivity index (χ0) is 24.0. The molecule has 3 rings (SSSR count). The maximum absolute atomic E-state index is 14.7. The van der Waals surface area contributed by atoms with E-state index < -0.39 is 12.6 Å². The highest BCUT2D eigenvalue weighted by Crippen LogP contribution is 2.33. The maximum atomic E-state index is 14.7. The van der Waals surface area contributed by atoms with E-state index in [1.54, 1.807) is 43.5 Å². The molecule has 7 heteroatoms. The third-order valence-electron chi connectivity index (χ3n) is 4.76. The summed E-state index contributed by atoms with van der Waals surface area (Å²) < 4.78 is 31.0. The molecule has 3 aromatic rings. The minimum atomic E-state index is -1.04. The zero-order valence-corrected chi connectivity index (χ0v) is 19.2. The lowest BCUT2D eigenvalue weighted by Gasteiger charge is -2.21. The number of ether oxygens (including phenoxy) is 3. The third-order valence-corrected chi connectivity index (χ3v) is 4.76. The van der Waals surface area contributed by atoms with Crippen LogP contribution < -0.4 is 14.2 Å². The average molecular weight is 454 g/mol. The van der Waals surface area contributed by atoms with Gasteiger partial charge in [-0.2, -0.15) is 0 Å². The zero-order valence-electron chi connectivity index (χ0n) is 19.2. The van der Waals surface area contributed by atoms with E-state index in [4.69, 9.17) is 19.3 Å². The van der Waals surface area contributed by atoms with E-state index in [0.717, 1.165) is 11.3 Å². The van der Waals surface area contributed by atoms with Crippen LogP contribution in [-0.2, 0) is 17.8 Å². The number of carbonyl (C=O) groups is 1. The summed E-state index contributed by atoms with van der Waals surface area (Å²) in [5, 5.41) is 8.77. The maximum Gasteiger partial charge on any atom is 0.341 e. The predicted octanol–water partition coefficient (Wildman–Crippen LogP) is 5.53. The minimum Gasteiger partial charge on any atom is -0.497 e. The minimum absolute atomic E-state index is 0.0778. The Kier molecular flexibility index (Phi) is 7.53. The SMILES string of the molecule is COc1ccc(F)c(-c2ccc(OCc3cccc(OCC(=O)O)c3)nc2CC(C)(C)C)c1. The number of aromatic nitrogens is 1. The van der Waals surface area contributed by atoms with Crippen molar-refractivity contribution in [1.82, 2.24) is 4.98 Å². The molecule has 0 unspecified atom stereocenters. The number of carboxylic acid groups (broad SMARTS) is 1. The van der Waals surface area contributed by atoms with Crippen LogP contribution in [0.2, 0.25) is 0 Å². The van der Waals surface area contributed by atoms with Gasteiger partial charge in [0.05, 0.1) is 12.8 Å². The number of hydrogen-bond acceptors (Lipinski definition) is 5. The van der Waals surface area contributed by atoms with Crippen LogP contribution in [0.15, 0.2) is 54.6 Å². The topological polar surface area (TPSA) is 77.9 Å². The average Bonchev–Trinajstić information content (AvgIpc) is 2.76. The molecule has 0 bridgehead atoms. The van der Waals surface area contributed by atoms with Crippen LogP contribution in [0.3, 0.4) is 0 Å². The molecule has 0 amide bonds. The predicted molar refractivity (Wildman–Crippen MR) is 123 cm³/mol. The largest absolute Gasteiger partial charge is 0.497 e. The summed E-state index contributed by atoms with van der Waals surface area (Å²) in [5.74, 6) is 0.0414. The van der Waals surface area contributed by atoms with Crippen molar-refractivity contribution < 1.29 is 28.5 Å². The first-order valence-electron chi connectivity index (χ1n) is 10.5. The van der Waals surface area contributed by atoms with E-state index in [1.165, 1.54) is 6.07 Å². The fraction of sp³-hybridized carbons (Fsp3) is 0.308. The Morgan fingerprint density at radius 1 is 1.00 bits per heavy atom. The smallest absolute Gasteiger partial charge is 0.341 e. The highest BCUT2D eigenvalue weighted by Gasteiger charge is 2.19. The van der Waals surface area contributed by atoms with Gasteiger partial charge in [0.15, 0.2) is 6.61 Å². The molecule has 0 radical (unpaired) electrons. The number of nitrogens with zero attached hydrogens (tertiary/aromatic N) is 1. The summed E-state index contributed by atoms with van der Waals surface area (Å²) in [6, 6.07) is 15.2. The van der Waals surface area contributed by atoms with Crippen LogP contribution in [0, 0.1) is 11.2 Å². The van der Waals surface area contributed by atoms with E-state index >= 15 is 0 Å². The lowest BCUT2D eigenvalue weighted by atomic mass is 9.87. The van der Waals surface area contributed by atoms with E-state index in [9.17, 15) is 9.18 Å². The number of hydrogen-bond donors (Lipinski definition) is 1. The number of methoxy groups -OCH3 is 1. The Morgan fingerprint density at radius 2 is 1.79 bits per heavy atom. The summed E-state index contributed by atoms with van der Waals surface area (Å²) in [6.45, 7) is 6.09. The standard InChI is InChI=1S/C26H28FNO5/c1-26(2,3)14-23-20(21-13-18(31-4)8-10-22(21)27)9-11-24(28-23)33-15-17-6-5-7-19(12-17)32-16-25(29)30/h5-13H,14-16H2,1-4H3,(H,29,30). The summed E-state index contributed by atoms with van der Waals surface area (Å²) >= 11 is 0. The van der Waals surface area contributed by atoms with Crippen molar-refractivity contribution in [2.75, 3.05) is 13.7 Å². The summed E-state index contributed by atoms with van der Waals surface area (Å²) in [5.41, 5.74) is 2.57. The van der Waals surface area contributed by atoms with E-state index in [-0.39, 0.29) is 17.8 Å². The molecular formula is C26H28FNO5. The van der Waals surface area contributed by atoms with Crippen molar-refractivity contribution in [3.05, 3.63) is 71.7 Å². The molecular weight excluding hydrogens is 425 g/mol. The highest BCUT2D eigenvalue weighted by atomic mass is 19.1. The van der Waals surface area contributed by atoms with Gasteiger partial charge in [-0.1, -0.05) is 32.9 Å². The molecule has 0 saturated carbocycles. The quantitative estimate of drug-likeness (QED) is 0.459. The Morgan fingerprint density at radius 3 is 2.48 bits per heavy atom. The van der Waals surface area contributed by atoms with Gasteiger partial charge in [0.1, 0.15) is 23.9 Å². The van der Waals surface area contributed by atoms with Crippen LogP contribution in [0.25, 0.3) is 11.1 Å². The van der Waals surface area contributed by atoms with Gasteiger partial charge >= 0.3 is 5.97 Å². The summed E-state index contributed by atoms with van der Waals surface area (Å²) in [7, 11) is 1.55. The first-order chi connectivity index (χ1) is 15.6. The van der Waals surface area contributed by atoms with Crippen LogP contribution in [0.1, 0.15) is 32.0 Å². The molecule has 0 aliphatic rings. The number of halogens is 1. The summed E-state index contributed by atoms with van der Waals surface area (Å²) in [4.78, 5) is 15.4. The Balaban J connectivity index is 1.85. The molecule has 0 fully saturated rings. The normalized spacial score (nSPS) is 11.2. The van der Waals surface area contributed by atoms with Crippen molar-refractivity contribution in [3.8, 4) is 28.5 Å². The molecule has 1 heterocycles. The lowest BCUT2D eigenvalue weighted by Crippen LogP contribution is -2.12. The van der Waals surface area contributed by atoms with Crippen molar-refractivity contribution >= 4 is 5.97 Å². The molecule has 1 N–H and O–H groups in total. The number of rotatable bonds is 9. The van der Waals surface area contributed by atoms with E-state index in [1.807, 2.05) is 12.1 Å². The van der Waals surface area contributed by atoms with Crippen LogP contribution in [0.5, 0.6) is 17.4 Å². The number of aliphatic carboxylic acids is 1. The van der Waals surface area contributed by atoms with Gasteiger partial charge in [0.25, 0.3) is 0 Å². The molecule has 0 aliphatic carbocycles. The molecule has 0 spiro atoms. The Labute approximate surface area is 193 Å². The summed E-state index contributed by atoms with van der Waals surface area (Å²) in [6.07, 6.45) is 0.620. The van der Waals surface area contributed by atoms with Gasteiger partial charge in [-0.05, 0) is 53.8 Å². The first kappa shape index (κ1) is 24.0. The van der Waals surface area contributed by atoms with Crippen molar-refractivity contribution in [1.29, 1.82) is 0 Å². The molecule has 2 aromatic carbocycles. The molecule has 0 atom stereocenters. The van der Waals surface area contributed by atoms with Gasteiger partial charge in [-0.3, -0.25) is 0 Å². The monoisotopic (exact) mass is 453 g/mol. The van der Waals surface area contributed by atoms with Gasteiger partial charge < -0.3 is 19.3 Å². The number of carboxylic acids is 1. The van der Waals surface area contributed by atoms with Gasteiger partial charge in [-0.15, -0.1) is 0 Å². The van der Waals surface area contributed by atoms with Crippen molar-refractivity contribution in [2.45, 2.75) is 33.8 Å². The van der Waals surface area contributed by atoms with Gasteiger partial charge in [0, 0.05) is 17.2 Å². The van der Waals surface area contributed by atoms with Gasteiger partial charge in [-0.25, -0.2) is 14.2 Å². The Hall–Kier alpha value is -3.61. The number of benzene rings is 2. The molecule has 6 nitrogen and oxygen atoms in total. The fourth-order valence-electron chi connectivity index (χ4n) is 3.31. The van der Waals surface area contributed by atoms with Gasteiger partial charge in [0.2, 0.25) is 5.88 Å². The van der Waals surface area contributed by atoms with Crippen molar-refractivity contribution in [2.24, 2.45) is 5.41 Å². The Bertz CT molecular complexity index is 1120. The third kappa shape index (κ3) is 6.94. The fourth-order valence-corrected chi connectivity index (χ4v) is 3.31. The second kappa shape index (κ2) is 10.3. The van der Waals surface area contributed by atoms with Crippen LogP contribution >= 0.6 is 0 Å². The van der Waals surface area contributed by atoms with E-state index in [2.05, 4.69) is 25.8 Å². The second-order valence-electron chi connectivity index (χ2n) is 8.85. The molecule has 1 aromatic heterocycles. The van der Waals surface area contributed by atoms with Crippen molar-refractivity contribution in [3.63, 3.8) is 0 Å². The van der Waals surface area contributed by atoms with E-state index in [0.29, 0.717) is 34.9 Å².